The number of aryl methyl sites for hydroxylation is 1. The van der Waals surface area contributed by atoms with Gasteiger partial charge in [-0.25, -0.2) is 0 Å². The predicted octanol–water partition coefficient (Wildman–Crippen LogP) is 3.03. The van der Waals surface area contributed by atoms with E-state index in [2.05, 4.69) is 15.1 Å². The Bertz CT molecular complexity index is 829. The summed E-state index contributed by atoms with van der Waals surface area (Å²) in [6, 6.07) is 5.67. The molecule has 1 atom stereocenters. The van der Waals surface area contributed by atoms with E-state index in [1.165, 1.54) is 25.4 Å². The van der Waals surface area contributed by atoms with Gasteiger partial charge >= 0.3 is 6.18 Å². The molecule has 9 heteroatoms. The zero-order valence-electron chi connectivity index (χ0n) is 12.4. The zero-order chi connectivity index (χ0) is 17.4. The Labute approximate surface area is 133 Å². The first-order valence-corrected chi connectivity index (χ1v) is 6.88. The molecule has 0 amide bonds. The maximum Gasteiger partial charge on any atom is 0.425 e. The summed E-state index contributed by atoms with van der Waals surface area (Å²) in [6.45, 7) is 1.48. The molecular formula is C15H12F3N3O3. The minimum Gasteiger partial charge on any atom is -0.463 e. The quantitative estimate of drug-likeness (QED) is 0.786. The molecule has 126 valence electrons. The third kappa shape index (κ3) is 2.90. The number of aromatic nitrogens is 3. The van der Waals surface area contributed by atoms with Crippen LogP contribution in [0.4, 0.5) is 13.2 Å². The summed E-state index contributed by atoms with van der Waals surface area (Å²) < 4.78 is 50.0. The normalized spacial score (nSPS) is 14.5. The number of hydrogen-bond donors (Lipinski definition) is 1. The SMILES string of the molecule is Cc1ccc(C(O)(Cc2nc(-c3cccnc3)no2)C(F)(F)F)o1. The van der Waals surface area contributed by atoms with Crippen LogP contribution >= 0.6 is 0 Å². The second-order valence-corrected chi connectivity index (χ2v) is 5.20. The van der Waals surface area contributed by atoms with Crippen molar-refractivity contribution in [2.75, 3.05) is 0 Å². The van der Waals surface area contributed by atoms with Crippen molar-refractivity contribution in [1.29, 1.82) is 0 Å². The Morgan fingerprint density at radius 3 is 2.58 bits per heavy atom. The number of rotatable bonds is 4. The Hall–Kier alpha value is -2.68. The van der Waals surface area contributed by atoms with Crippen molar-refractivity contribution < 1.29 is 27.2 Å². The van der Waals surface area contributed by atoms with Crippen molar-refractivity contribution in [2.45, 2.75) is 25.1 Å². The fourth-order valence-electron chi connectivity index (χ4n) is 2.14. The van der Waals surface area contributed by atoms with Gasteiger partial charge in [0.1, 0.15) is 11.5 Å². The van der Waals surface area contributed by atoms with Gasteiger partial charge in [-0.1, -0.05) is 5.16 Å². The van der Waals surface area contributed by atoms with Gasteiger partial charge in [-0.15, -0.1) is 0 Å². The zero-order valence-corrected chi connectivity index (χ0v) is 12.4. The number of aliphatic hydroxyl groups is 1. The molecule has 0 aliphatic heterocycles. The molecule has 0 bridgehead atoms. The molecule has 1 unspecified atom stereocenters. The molecule has 0 aliphatic carbocycles. The highest BCUT2D eigenvalue weighted by Gasteiger charge is 2.58. The summed E-state index contributed by atoms with van der Waals surface area (Å²) in [7, 11) is 0. The molecule has 0 spiro atoms. The molecule has 3 aromatic heterocycles. The molecule has 6 nitrogen and oxygen atoms in total. The van der Waals surface area contributed by atoms with Crippen LogP contribution < -0.4 is 0 Å². The van der Waals surface area contributed by atoms with Crippen LogP contribution in [0.15, 0.2) is 45.6 Å². The highest BCUT2D eigenvalue weighted by Crippen LogP contribution is 2.42. The van der Waals surface area contributed by atoms with Crippen molar-refractivity contribution in [1.82, 2.24) is 15.1 Å². The van der Waals surface area contributed by atoms with Gasteiger partial charge in [-0.05, 0) is 31.2 Å². The number of pyridine rings is 1. The van der Waals surface area contributed by atoms with Crippen LogP contribution in [0.25, 0.3) is 11.4 Å². The van der Waals surface area contributed by atoms with E-state index in [1.807, 2.05) is 0 Å². The number of furan rings is 1. The van der Waals surface area contributed by atoms with Gasteiger partial charge in [0.05, 0.1) is 6.42 Å². The summed E-state index contributed by atoms with van der Waals surface area (Å²) in [5, 5.41) is 13.8. The fourth-order valence-corrected chi connectivity index (χ4v) is 2.14. The smallest absolute Gasteiger partial charge is 0.425 e. The molecule has 0 saturated carbocycles. The van der Waals surface area contributed by atoms with E-state index in [4.69, 9.17) is 8.94 Å². The minimum absolute atomic E-state index is 0.0817. The molecule has 1 N–H and O–H groups in total. The first-order valence-electron chi connectivity index (χ1n) is 6.88. The Morgan fingerprint density at radius 1 is 1.21 bits per heavy atom. The standard InChI is InChI=1S/C15H12F3N3O3/c1-9-4-5-11(23-9)14(22,15(16,17)18)7-12-20-13(21-24-12)10-3-2-6-19-8-10/h2-6,8,22H,7H2,1H3. The molecule has 0 saturated heterocycles. The van der Waals surface area contributed by atoms with Gasteiger partial charge in [0.2, 0.25) is 17.3 Å². The summed E-state index contributed by atoms with van der Waals surface area (Å²) in [5.74, 6) is -0.677. The highest BCUT2D eigenvalue weighted by atomic mass is 19.4. The average Bonchev–Trinajstić information content (AvgIpc) is 3.16. The van der Waals surface area contributed by atoms with Gasteiger partial charge in [0.15, 0.2) is 0 Å². The summed E-state index contributed by atoms with van der Waals surface area (Å²) >= 11 is 0. The Morgan fingerprint density at radius 2 is 2.00 bits per heavy atom. The van der Waals surface area contributed by atoms with E-state index in [0.717, 1.165) is 6.07 Å². The second kappa shape index (κ2) is 5.75. The third-order valence-electron chi connectivity index (χ3n) is 3.41. The van der Waals surface area contributed by atoms with E-state index < -0.39 is 24.0 Å². The van der Waals surface area contributed by atoms with Gasteiger partial charge in [0, 0.05) is 18.0 Å². The lowest BCUT2D eigenvalue weighted by Gasteiger charge is -2.26. The molecule has 0 aromatic carbocycles. The van der Waals surface area contributed by atoms with E-state index in [9.17, 15) is 18.3 Å². The monoisotopic (exact) mass is 339 g/mol. The predicted molar refractivity (Wildman–Crippen MR) is 74.6 cm³/mol. The number of nitrogens with zero attached hydrogens (tertiary/aromatic N) is 3. The first-order chi connectivity index (χ1) is 11.3. The molecular weight excluding hydrogens is 327 g/mol. The Balaban J connectivity index is 1.93. The topological polar surface area (TPSA) is 85.2 Å². The van der Waals surface area contributed by atoms with Crippen LogP contribution in [-0.4, -0.2) is 26.4 Å². The molecule has 24 heavy (non-hydrogen) atoms. The van der Waals surface area contributed by atoms with E-state index >= 15 is 0 Å². The molecule has 3 heterocycles. The van der Waals surface area contributed by atoms with E-state index in [1.54, 1.807) is 12.1 Å². The maximum absolute atomic E-state index is 13.4. The van der Waals surface area contributed by atoms with Crippen LogP contribution in [0.3, 0.4) is 0 Å². The third-order valence-corrected chi connectivity index (χ3v) is 3.41. The van der Waals surface area contributed by atoms with Crippen LogP contribution in [-0.2, 0) is 12.0 Å². The van der Waals surface area contributed by atoms with E-state index in [-0.39, 0.29) is 17.5 Å². The Kier molecular flexibility index (Phi) is 3.88. The first kappa shape index (κ1) is 16.2. The van der Waals surface area contributed by atoms with Crippen LogP contribution in [0, 0.1) is 6.92 Å². The molecule has 0 aliphatic rings. The highest BCUT2D eigenvalue weighted by molar-refractivity contribution is 5.51. The van der Waals surface area contributed by atoms with Crippen LogP contribution in [0.1, 0.15) is 17.4 Å². The van der Waals surface area contributed by atoms with Gasteiger partial charge < -0.3 is 14.0 Å². The summed E-state index contributed by atoms with van der Waals surface area (Å²) in [6.07, 6.45) is -2.97. The minimum atomic E-state index is -4.99. The molecule has 3 rings (SSSR count). The van der Waals surface area contributed by atoms with Crippen molar-refractivity contribution in [2.24, 2.45) is 0 Å². The van der Waals surface area contributed by atoms with Crippen molar-refractivity contribution in [3.05, 3.63) is 54.1 Å². The van der Waals surface area contributed by atoms with Crippen molar-refractivity contribution >= 4 is 0 Å². The van der Waals surface area contributed by atoms with Crippen molar-refractivity contribution in [3.63, 3.8) is 0 Å². The van der Waals surface area contributed by atoms with E-state index in [0.29, 0.717) is 5.56 Å². The van der Waals surface area contributed by atoms with Gasteiger partial charge in [-0.3, -0.25) is 4.98 Å². The summed E-state index contributed by atoms with van der Waals surface area (Å²) in [4.78, 5) is 7.76. The molecule has 3 aromatic rings. The lowest BCUT2D eigenvalue weighted by Crippen LogP contribution is -2.44. The number of alkyl halides is 3. The van der Waals surface area contributed by atoms with Gasteiger partial charge in [-0.2, -0.15) is 18.2 Å². The van der Waals surface area contributed by atoms with Crippen LogP contribution in [0.2, 0.25) is 0 Å². The lowest BCUT2D eigenvalue weighted by molar-refractivity contribution is -0.273. The summed E-state index contributed by atoms with van der Waals surface area (Å²) in [5.41, 5.74) is -2.78. The maximum atomic E-state index is 13.4. The van der Waals surface area contributed by atoms with Crippen LogP contribution in [0.5, 0.6) is 0 Å². The van der Waals surface area contributed by atoms with Gasteiger partial charge in [0.25, 0.3) is 0 Å². The molecule has 0 radical (unpaired) electrons. The lowest BCUT2D eigenvalue weighted by atomic mass is 9.95. The fraction of sp³-hybridized carbons (Fsp3) is 0.267. The number of halogens is 3. The van der Waals surface area contributed by atoms with Crippen molar-refractivity contribution in [3.8, 4) is 11.4 Å². The second-order valence-electron chi connectivity index (χ2n) is 5.20. The average molecular weight is 339 g/mol. The molecule has 0 fully saturated rings. The number of hydrogen-bond acceptors (Lipinski definition) is 6. The largest absolute Gasteiger partial charge is 0.463 e.